The van der Waals surface area contributed by atoms with E-state index in [1.54, 1.807) is 0 Å². The van der Waals surface area contributed by atoms with Crippen molar-refractivity contribution in [3.63, 3.8) is 0 Å². The number of thioether (sulfide) groups is 1. The summed E-state index contributed by atoms with van der Waals surface area (Å²) in [4.78, 5) is 12.7. The first-order valence-corrected chi connectivity index (χ1v) is 12.5. The highest BCUT2D eigenvalue weighted by molar-refractivity contribution is 7.99. The first kappa shape index (κ1) is 22.9. The fraction of sp³-hybridized carbons (Fsp3) is 0.400. The first-order chi connectivity index (χ1) is 15.4. The van der Waals surface area contributed by atoms with Gasteiger partial charge in [-0.2, -0.15) is 0 Å². The minimum atomic E-state index is 0.0451. The lowest BCUT2D eigenvalue weighted by atomic mass is 9.78. The van der Waals surface area contributed by atoms with Gasteiger partial charge in [0, 0.05) is 22.3 Å². The molecular weight excluding hydrogens is 440 g/mol. The van der Waals surface area contributed by atoms with Gasteiger partial charge in [-0.1, -0.05) is 73.8 Å². The van der Waals surface area contributed by atoms with Gasteiger partial charge in [-0.05, 0) is 55.5 Å². The van der Waals surface area contributed by atoms with Gasteiger partial charge in [-0.15, -0.1) is 10.2 Å². The normalized spacial score (nSPS) is 20.8. The lowest BCUT2D eigenvalue weighted by molar-refractivity contribution is -0.120. The lowest BCUT2D eigenvalue weighted by Gasteiger charge is -2.34. The van der Waals surface area contributed by atoms with Crippen molar-refractivity contribution in [1.29, 1.82) is 0 Å². The number of nitrogens with zero attached hydrogens (tertiary/aromatic N) is 3. The van der Waals surface area contributed by atoms with Crippen LogP contribution >= 0.6 is 23.4 Å². The van der Waals surface area contributed by atoms with E-state index in [9.17, 15) is 4.79 Å². The van der Waals surface area contributed by atoms with E-state index in [0.29, 0.717) is 27.8 Å². The van der Waals surface area contributed by atoms with Crippen LogP contribution in [0.5, 0.6) is 0 Å². The van der Waals surface area contributed by atoms with Gasteiger partial charge in [0.1, 0.15) is 0 Å². The number of aryl methyl sites for hydroxylation is 1. The van der Waals surface area contributed by atoms with E-state index in [4.69, 9.17) is 11.6 Å². The second kappa shape index (κ2) is 10.1. The Hall–Kier alpha value is -2.31. The van der Waals surface area contributed by atoms with Gasteiger partial charge in [0.15, 0.2) is 11.0 Å². The van der Waals surface area contributed by atoms with Crippen LogP contribution in [0, 0.1) is 18.8 Å². The van der Waals surface area contributed by atoms with Gasteiger partial charge in [-0.25, -0.2) is 0 Å². The maximum absolute atomic E-state index is 12.7. The molecule has 0 spiro atoms. The Morgan fingerprint density at radius 3 is 2.69 bits per heavy atom. The highest BCUT2D eigenvalue weighted by atomic mass is 35.5. The maximum atomic E-state index is 12.7. The summed E-state index contributed by atoms with van der Waals surface area (Å²) in [6.45, 7) is 6.58. The fourth-order valence-electron chi connectivity index (χ4n) is 4.32. The molecule has 0 radical (unpaired) electrons. The molecule has 0 saturated heterocycles. The molecule has 1 amide bonds. The third-order valence-electron chi connectivity index (χ3n) is 6.38. The molecule has 0 bridgehead atoms. The number of hydrogen-bond acceptors (Lipinski definition) is 4. The molecule has 5 nitrogen and oxygen atoms in total. The average Bonchev–Trinajstić information content (AvgIpc) is 3.20. The van der Waals surface area contributed by atoms with Crippen LogP contribution in [0.15, 0.2) is 53.7 Å². The largest absolute Gasteiger partial charge is 0.352 e. The van der Waals surface area contributed by atoms with Crippen molar-refractivity contribution in [3.8, 4) is 17.1 Å². The van der Waals surface area contributed by atoms with Gasteiger partial charge >= 0.3 is 0 Å². The number of aromatic nitrogens is 3. The maximum Gasteiger partial charge on any atom is 0.230 e. The van der Waals surface area contributed by atoms with E-state index in [1.807, 2.05) is 41.0 Å². The summed E-state index contributed by atoms with van der Waals surface area (Å²) in [6, 6.07) is 16.0. The zero-order chi connectivity index (χ0) is 22.7. The van der Waals surface area contributed by atoms with Crippen LogP contribution in [0.4, 0.5) is 0 Å². The number of amides is 1. The predicted octanol–water partition coefficient (Wildman–Crippen LogP) is 5.93. The minimum Gasteiger partial charge on any atom is -0.352 e. The summed E-state index contributed by atoms with van der Waals surface area (Å²) in [5, 5.41) is 13.5. The van der Waals surface area contributed by atoms with Crippen LogP contribution in [0.2, 0.25) is 5.02 Å². The number of benzene rings is 2. The average molecular weight is 469 g/mol. The number of hydrogen-bond donors (Lipinski definition) is 1. The molecule has 1 aliphatic rings. The SMILES string of the molecule is Cc1cccc(-c2nnc(SCC(=O)N[C@H]3CCC[C@@H](C)[C@H]3C)n2-c2ccc(Cl)cc2)c1. The Morgan fingerprint density at radius 1 is 1.16 bits per heavy atom. The van der Waals surface area contributed by atoms with Crippen LogP contribution in [-0.4, -0.2) is 32.5 Å². The van der Waals surface area contributed by atoms with Gasteiger partial charge in [-0.3, -0.25) is 9.36 Å². The standard InChI is InChI=1S/C25H29ClN4OS/c1-16-6-4-8-19(14-16)24-28-29-25(30(24)21-12-10-20(26)11-13-21)32-15-23(31)27-22-9-5-7-17(2)18(22)3/h4,6,8,10-14,17-18,22H,5,7,9,15H2,1-3H3,(H,27,31)/t17-,18-,22+/m1/s1. The summed E-state index contributed by atoms with van der Waals surface area (Å²) in [5.41, 5.74) is 3.04. The molecule has 0 unspecified atom stereocenters. The summed E-state index contributed by atoms with van der Waals surface area (Å²) >= 11 is 7.52. The molecule has 1 saturated carbocycles. The molecule has 32 heavy (non-hydrogen) atoms. The molecule has 7 heteroatoms. The second-order valence-corrected chi connectivity index (χ2v) is 10.1. The van der Waals surface area contributed by atoms with Crippen LogP contribution in [0.25, 0.3) is 17.1 Å². The lowest BCUT2D eigenvalue weighted by Crippen LogP contribution is -2.44. The Kier molecular flexibility index (Phi) is 7.21. The van der Waals surface area contributed by atoms with Crippen LogP contribution in [-0.2, 0) is 4.79 Å². The number of carbonyl (C=O) groups excluding carboxylic acids is 1. The van der Waals surface area contributed by atoms with Crippen LogP contribution in [0.3, 0.4) is 0 Å². The smallest absolute Gasteiger partial charge is 0.230 e. The van der Waals surface area contributed by atoms with Crippen molar-refractivity contribution in [3.05, 3.63) is 59.1 Å². The molecule has 1 heterocycles. The van der Waals surface area contributed by atoms with Crippen LogP contribution in [0.1, 0.15) is 38.7 Å². The Labute approximate surface area is 199 Å². The Balaban J connectivity index is 1.56. The number of halogens is 1. The molecule has 1 aromatic heterocycles. The molecule has 0 aliphatic heterocycles. The zero-order valence-electron chi connectivity index (χ0n) is 18.7. The van der Waals surface area contributed by atoms with Gasteiger partial charge in [0.05, 0.1) is 5.75 Å². The quantitative estimate of drug-likeness (QED) is 0.455. The van der Waals surface area contributed by atoms with E-state index < -0.39 is 0 Å². The Bertz CT molecular complexity index is 1080. The molecule has 2 aromatic carbocycles. The molecular formula is C25H29ClN4OS. The van der Waals surface area contributed by atoms with Gasteiger partial charge < -0.3 is 5.32 Å². The third-order valence-corrected chi connectivity index (χ3v) is 7.56. The van der Waals surface area contributed by atoms with E-state index in [-0.39, 0.29) is 11.9 Å². The van der Waals surface area contributed by atoms with Crippen molar-refractivity contribution < 1.29 is 4.79 Å². The summed E-state index contributed by atoms with van der Waals surface area (Å²) in [6.07, 6.45) is 3.48. The highest BCUT2D eigenvalue weighted by Crippen LogP contribution is 2.31. The van der Waals surface area contributed by atoms with Crippen molar-refractivity contribution in [2.24, 2.45) is 11.8 Å². The monoisotopic (exact) mass is 468 g/mol. The van der Waals surface area contributed by atoms with Crippen molar-refractivity contribution in [2.45, 2.75) is 51.2 Å². The summed E-state index contributed by atoms with van der Waals surface area (Å²) in [5.74, 6) is 2.24. The topological polar surface area (TPSA) is 59.8 Å². The summed E-state index contributed by atoms with van der Waals surface area (Å²) in [7, 11) is 0. The molecule has 1 N–H and O–H groups in total. The van der Waals surface area contributed by atoms with Gasteiger partial charge in [0.2, 0.25) is 5.91 Å². The molecule has 4 rings (SSSR count). The zero-order valence-corrected chi connectivity index (χ0v) is 20.3. The number of rotatable bonds is 6. The minimum absolute atomic E-state index is 0.0451. The van der Waals surface area contributed by atoms with Crippen molar-refractivity contribution in [1.82, 2.24) is 20.1 Å². The van der Waals surface area contributed by atoms with E-state index >= 15 is 0 Å². The predicted molar refractivity (Wildman–Crippen MR) is 131 cm³/mol. The molecule has 168 valence electrons. The van der Waals surface area contributed by atoms with Crippen molar-refractivity contribution >= 4 is 29.3 Å². The third kappa shape index (κ3) is 5.18. The first-order valence-electron chi connectivity index (χ1n) is 11.1. The van der Waals surface area contributed by atoms with Gasteiger partial charge in [0.25, 0.3) is 0 Å². The number of nitrogens with one attached hydrogen (secondary N) is 1. The van der Waals surface area contributed by atoms with Crippen molar-refractivity contribution in [2.75, 3.05) is 5.75 Å². The Morgan fingerprint density at radius 2 is 1.94 bits per heavy atom. The fourth-order valence-corrected chi connectivity index (χ4v) is 5.21. The molecule has 1 aliphatic carbocycles. The molecule has 3 atom stereocenters. The number of carbonyl (C=O) groups is 1. The second-order valence-electron chi connectivity index (χ2n) is 8.72. The highest BCUT2D eigenvalue weighted by Gasteiger charge is 2.28. The molecule has 3 aromatic rings. The van der Waals surface area contributed by atoms with Crippen LogP contribution < -0.4 is 5.32 Å². The molecule has 1 fully saturated rings. The summed E-state index contributed by atoms with van der Waals surface area (Å²) < 4.78 is 1.99. The van der Waals surface area contributed by atoms with E-state index in [1.165, 1.54) is 24.6 Å². The van der Waals surface area contributed by atoms with E-state index in [2.05, 4.69) is 48.4 Å². The van der Waals surface area contributed by atoms with E-state index in [0.717, 1.165) is 29.1 Å².